The minimum atomic E-state index is -1.25. The molecule has 1 aromatic heterocycles. The molecule has 5 nitrogen and oxygen atoms in total. The third-order valence-corrected chi connectivity index (χ3v) is 2.19. The number of carboxylic acid groups (broad SMARTS) is 1. The first-order chi connectivity index (χ1) is 7.41. The number of rotatable bonds is 4. The Morgan fingerprint density at radius 3 is 2.53 bits per heavy atom. The van der Waals surface area contributed by atoms with Gasteiger partial charge in [0.2, 0.25) is 0 Å². The van der Waals surface area contributed by atoms with Gasteiger partial charge in [-0.15, -0.1) is 0 Å². The molecule has 7 heteroatoms. The van der Waals surface area contributed by atoms with Gasteiger partial charge in [0.1, 0.15) is 11.5 Å². The first kappa shape index (κ1) is 16.4. The molecule has 0 aromatic carbocycles. The van der Waals surface area contributed by atoms with Crippen LogP contribution in [0.15, 0.2) is 16.7 Å². The van der Waals surface area contributed by atoms with E-state index in [2.05, 4.69) is 20.9 Å². The van der Waals surface area contributed by atoms with Gasteiger partial charge in [-0.3, -0.25) is 14.6 Å². The zero-order chi connectivity index (χ0) is 12.3. The van der Waals surface area contributed by atoms with E-state index in [9.17, 15) is 14.4 Å². The van der Waals surface area contributed by atoms with Gasteiger partial charge in [0, 0.05) is 10.7 Å². The number of carboxylic acids is 1. The molecule has 0 aliphatic rings. The number of aromatic carboxylic acids is 1. The van der Waals surface area contributed by atoms with E-state index in [-0.39, 0.29) is 54.4 Å². The zero-order valence-corrected chi connectivity index (χ0v) is 12.9. The van der Waals surface area contributed by atoms with Gasteiger partial charge >= 0.3 is 35.5 Å². The maximum atomic E-state index is 11.5. The number of carbonyl (C=O) groups excluding carboxylic acids is 2. The normalized spacial score (nSPS) is 9.29. The van der Waals surface area contributed by atoms with E-state index in [4.69, 9.17) is 5.11 Å². The van der Waals surface area contributed by atoms with Crippen LogP contribution in [0.25, 0.3) is 0 Å². The van der Waals surface area contributed by atoms with Gasteiger partial charge in [-0.25, -0.2) is 4.79 Å². The number of halogens is 1. The third-order valence-electron chi connectivity index (χ3n) is 1.76. The van der Waals surface area contributed by atoms with E-state index in [0.29, 0.717) is 4.47 Å². The fourth-order valence-electron chi connectivity index (χ4n) is 1.13. The molecule has 0 unspecified atom stereocenters. The van der Waals surface area contributed by atoms with Crippen LogP contribution < -0.4 is 29.6 Å². The van der Waals surface area contributed by atoms with E-state index in [1.807, 2.05) is 0 Å². The van der Waals surface area contributed by atoms with Gasteiger partial charge < -0.3 is 6.53 Å². The Balaban J connectivity index is 0. The number of Topliss-reactive ketones (excluding diaryl/α,β-unsaturated/α-hetero) is 2. The summed E-state index contributed by atoms with van der Waals surface area (Å²) in [6.07, 6.45) is 0.981. The van der Waals surface area contributed by atoms with Crippen LogP contribution in [0.2, 0.25) is 0 Å². The zero-order valence-electron chi connectivity index (χ0n) is 10.4. The standard InChI is InChI=1S/C10H8BrNO4.Na.H/c1-5(13)2-8(14)9-7(10(15)16)3-6(11)4-12-9;;/h3-4H,2H2,1H3,(H,15,16);;/q;+1;-1. The molecule has 0 fully saturated rings. The predicted molar refractivity (Wildman–Crippen MR) is 59.6 cm³/mol. The number of aromatic nitrogens is 1. The van der Waals surface area contributed by atoms with Crippen LogP contribution in [0, 0.1) is 0 Å². The number of ketones is 2. The Kier molecular flexibility index (Phi) is 6.77. The van der Waals surface area contributed by atoms with Crippen molar-refractivity contribution in [3.8, 4) is 0 Å². The van der Waals surface area contributed by atoms with Gasteiger partial charge in [-0.2, -0.15) is 0 Å². The van der Waals surface area contributed by atoms with Crippen LogP contribution in [0.5, 0.6) is 0 Å². The molecule has 1 heterocycles. The molecule has 17 heavy (non-hydrogen) atoms. The van der Waals surface area contributed by atoms with E-state index in [1.165, 1.54) is 19.2 Å². The summed E-state index contributed by atoms with van der Waals surface area (Å²) in [5, 5.41) is 8.88. The van der Waals surface area contributed by atoms with Gasteiger partial charge in [0.25, 0.3) is 0 Å². The van der Waals surface area contributed by atoms with E-state index in [1.54, 1.807) is 0 Å². The van der Waals surface area contributed by atoms with Crippen molar-refractivity contribution in [2.45, 2.75) is 13.3 Å². The summed E-state index contributed by atoms with van der Waals surface area (Å²) in [7, 11) is 0. The second-order valence-electron chi connectivity index (χ2n) is 3.16. The topological polar surface area (TPSA) is 84.3 Å². The molecule has 0 spiro atoms. The molecular formula is C10H9BrNNaO4. The largest absolute Gasteiger partial charge is 1.00 e. The number of nitrogens with zero attached hydrogens (tertiary/aromatic N) is 1. The number of pyridine rings is 1. The van der Waals surface area contributed by atoms with Crippen molar-refractivity contribution in [2.75, 3.05) is 0 Å². The number of carbonyl (C=O) groups is 3. The molecule has 0 radical (unpaired) electrons. The third kappa shape index (κ3) is 4.67. The van der Waals surface area contributed by atoms with Crippen molar-refractivity contribution in [2.24, 2.45) is 0 Å². The summed E-state index contributed by atoms with van der Waals surface area (Å²) in [6, 6.07) is 1.28. The summed E-state index contributed by atoms with van der Waals surface area (Å²) in [5.74, 6) is -2.16. The summed E-state index contributed by atoms with van der Waals surface area (Å²) < 4.78 is 0.462. The number of hydrogen-bond acceptors (Lipinski definition) is 4. The van der Waals surface area contributed by atoms with Gasteiger partial charge in [-0.05, 0) is 28.9 Å². The Morgan fingerprint density at radius 1 is 1.47 bits per heavy atom. The van der Waals surface area contributed by atoms with Crippen molar-refractivity contribution < 1.29 is 50.5 Å². The SMILES string of the molecule is CC(=O)CC(=O)c1ncc(Br)cc1C(=O)O.[H-].[Na+]. The van der Waals surface area contributed by atoms with Crippen molar-refractivity contribution in [1.82, 2.24) is 4.98 Å². The Hall–Kier alpha value is -0.560. The summed E-state index contributed by atoms with van der Waals surface area (Å²) in [6.45, 7) is 1.26. The van der Waals surface area contributed by atoms with E-state index >= 15 is 0 Å². The van der Waals surface area contributed by atoms with Crippen LogP contribution in [0.3, 0.4) is 0 Å². The summed E-state index contributed by atoms with van der Waals surface area (Å²) in [4.78, 5) is 36.9. The molecule has 86 valence electrons. The minimum Gasteiger partial charge on any atom is -1.00 e. The van der Waals surface area contributed by atoms with Gasteiger partial charge in [0.05, 0.1) is 12.0 Å². The Bertz CT molecular complexity index is 481. The molecule has 0 aliphatic heterocycles. The van der Waals surface area contributed by atoms with Crippen LogP contribution >= 0.6 is 15.9 Å². The van der Waals surface area contributed by atoms with Crippen LogP contribution in [-0.2, 0) is 4.79 Å². The fraction of sp³-hybridized carbons (Fsp3) is 0.200. The summed E-state index contributed by atoms with van der Waals surface area (Å²) in [5.41, 5.74) is -0.397. The maximum Gasteiger partial charge on any atom is 1.00 e. The average molecular weight is 310 g/mol. The minimum absolute atomic E-state index is 0. The molecule has 0 aliphatic carbocycles. The molecule has 0 amide bonds. The smallest absolute Gasteiger partial charge is 1.00 e. The average Bonchev–Trinajstić information content (AvgIpc) is 2.16. The van der Waals surface area contributed by atoms with E-state index < -0.39 is 11.8 Å². The molecule has 0 saturated heterocycles. The summed E-state index contributed by atoms with van der Waals surface area (Å²) >= 11 is 3.06. The molecule has 1 rings (SSSR count). The van der Waals surface area contributed by atoms with Crippen LogP contribution in [0.1, 0.15) is 35.6 Å². The van der Waals surface area contributed by atoms with E-state index in [0.717, 1.165) is 0 Å². The Morgan fingerprint density at radius 2 is 2.06 bits per heavy atom. The second kappa shape index (κ2) is 7.00. The van der Waals surface area contributed by atoms with Crippen molar-refractivity contribution in [3.63, 3.8) is 0 Å². The van der Waals surface area contributed by atoms with Gasteiger partial charge in [-0.1, -0.05) is 0 Å². The first-order valence-electron chi connectivity index (χ1n) is 4.33. The first-order valence-corrected chi connectivity index (χ1v) is 5.12. The predicted octanol–water partition coefficient (Wildman–Crippen LogP) is -1.18. The maximum absolute atomic E-state index is 11.5. The monoisotopic (exact) mass is 309 g/mol. The fourth-order valence-corrected chi connectivity index (χ4v) is 1.47. The Labute approximate surface area is 130 Å². The second-order valence-corrected chi connectivity index (χ2v) is 4.07. The van der Waals surface area contributed by atoms with Crippen molar-refractivity contribution >= 4 is 33.5 Å². The quantitative estimate of drug-likeness (QED) is 0.430. The van der Waals surface area contributed by atoms with Gasteiger partial charge in [0.15, 0.2) is 5.78 Å². The van der Waals surface area contributed by atoms with Crippen LogP contribution in [0.4, 0.5) is 0 Å². The molecular weight excluding hydrogens is 301 g/mol. The number of hydrogen-bond donors (Lipinski definition) is 1. The molecule has 0 bridgehead atoms. The van der Waals surface area contributed by atoms with Crippen molar-refractivity contribution in [1.29, 1.82) is 0 Å². The molecule has 0 saturated carbocycles. The van der Waals surface area contributed by atoms with Crippen molar-refractivity contribution in [3.05, 3.63) is 28.0 Å². The molecule has 1 N–H and O–H groups in total. The molecule has 0 atom stereocenters. The molecule has 1 aromatic rings. The van der Waals surface area contributed by atoms with Crippen LogP contribution in [-0.4, -0.2) is 27.6 Å².